The molecule has 0 saturated carbocycles. The number of aromatic nitrogens is 4. The Kier molecular flexibility index (Phi) is 6.44. The number of ketones is 2. The van der Waals surface area contributed by atoms with Crippen LogP contribution in [-0.4, -0.2) is 44.9 Å². The monoisotopic (exact) mass is 566 g/mol. The van der Waals surface area contributed by atoms with E-state index in [-0.39, 0.29) is 45.8 Å². The van der Waals surface area contributed by atoms with E-state index in [1.165, 1.54) is 26.6 Å². The molecule has 10 heteroatoms. The molecule has 0 saturated heterocycles. The maximum absolute atomic E-state index is 14.0. The number of hydrogen-bond acceptors (Lipinski definition) is 8. The molecule has 0 N–H and O–H groups in total. The lowest BCUT2D eigenvalue weighted by Gasteiger charge is -2.17. The summed E-state index contributed by atoms with van der Waals surface area (Å²) >= 11 is 0. The van der Waals surface area contributed by atoms with Crippen LogP contribution in [0.5, 0.6) is 11.5 Å². The maximum atomic E-state index is 14.0. The van der Waals surface area contributed by atoms with Gasteiger partial charge in [-0.15, -0.1) is 0 Å². The standard InChI is InChI=1S/C32H30N4O6/c1-15(2)11-19-25-17(7-9-33-19)29(37)27-23(31(39)21(41-5)13-35(25)27)24-28-30(38)18-8-10-34-20(12-16(3)4)26(18)36(28)14-22(42-6)32(24)40/h7-10,13-16H,11-12H2,1-6H3. The van der Waals surface area contributed by atoms with Gasteiger partial charge in [-0.1, -0.05) is 27.7 Å². The van der Waals surface area contributed by atoms with Crippen molar-refractivity contribution in [1.29, 1.82) is 0 Å². The summed E-state index contributed by atoms with van der Waals surface area (Å²) in [4.78, 5) is 65.3. The molecule has 0 unspecified atom stereocenters. The van der Waals surface area contributed by atoms with Crippen LogP contribution in [0.15, 0.2) is 46.5 Å². The predicted octanol–water partition coefficient (Wildman–Crippen LogP) is 3.95. The third-order valence-corrected chi connectivity index (χ3v) is 7.64. The van der Waals surface area contributed by atoms with E-state index in [1.54, 1.807) is 33.7 Å². The van der Waals surface area contributed by atoms with Crippen LogP contribution >= 0.6 is 0 Å². The molecule has 6 heterocycles. The molecule has 2 aliphatic rings. The Morgan fingerprint density at radius 3 is 1.38 bits per heavy atom. The number of ether oxygens (including phenoxy) is 2. The molecule has 42 heavy (non-hydrogen) atoms. The second kappa shape index (κ2) is 9.90. The zero-order valence-corrected chi connectivity index (χ0v) is 24.3. The van der Waals surface area contributed by atoms with Crippen LogP contribution in [-0.2, 0) is 12.8 Å². The molecule has 4 aromatic heterocycles. The van der Waals surface area contributed by atoms with Crippen molar-refractivity contribution >= 4 is 11.6 Å². The normalized spacial score (nSPS) is 13.0. The third-order valence-electron chi connectivity index (χ3n) is 7.64. The van der Waals surface area contributed by atoms with E-state index in [1.807, 2.05) is 27.7 Å². The Balaban J connectivity index is 1.74. The van der Waals surface area contributed by atoms with Crippen LogP contribution in [0.3, 0.4) is 0 Å². The van der Waals surface area contributed by atoms with E-state index >= 15 is 0 Å². The van der Waals surface area contributed by atoms with Crippen LogP contribution in [0, 0.1) is 11.8 Å². The Hall–Kier alpha value is -4.86. The van der Waals surface area contributed by atoms with E-state index in [4.69, 9.17) is 9.47 Å². The van der Waals surface area contributed by atoms with Gasteiger partial charge in [-0.3, -0.25) is 29.1 Å². The van der Waals surface area contributed by atoms with Gasteiger partial charge < -0.3 is 18.6 Å². The van der Waals surface area contributed by atoms with Gasteiger partial charge in [0, 0.05) is 12.4 Å². The van der Waals surface area contributed by atoms with Crippen molar-refractivity contribution in [1.82, 2.24) is 19.1 Å². The number of nitrogens with zero attached hydrogens (tertiary/aromatic N) is 4. The van der Waals surface area contributed by atoms with Crippen LogP contribution in [0.2, 0.25) is 0 Å². The first-order valence-electron chi connectivity index (χ1n) is 13.8. The number of pyridine rings is 4. The minimum Gasteiger partial charge on any atom is -0.491 e. The fourth-order valence-electron chi connectivity index (χ4n) is 5.96. The molecule has 0 amide bonds. The maximum Gasteiger partial charge on any atom is 0.232 e. The molecule has 214 valence electrons. The van der Waals surface area contributed by atoms with E-state index < -0.39 is 22.4 Å². The van der Waals surface area contributed by atoms with E-state index in [0.717, 1.165) is 0 Å². The van der Waals surface area contributed by atoms with Crippen molar-refractivity contribution in [2.75, 3.05) is 14.2 Å². The number of methoxy groups -OCH3 is 2. The highest BCUT2D eigenvalue weighted by atomic mass is 16.5. The highest BCUT2D eigenvalue weighted by Crippen LogP contribution is 2.40. The first-order valence-corrected chi connectivity index (χ1v) is 13.8. The first kappa shape index (κ1) is 27.3. The van der Waals surface area contributed by atoms with Gasteiger partial charge in [-0.05, 0) is 36.8 Å². The molecule has 0 aromatic carbocycles. The van der Waals surface area contributed by atoms with Crippen molar-refractivity contribution in [2.24, 2.45) is 11.8 Å². The lowest BCUT2D eigenvalue weighted by Crippen LogP contribution is -2.24. The summed E-state index contributed by atoms with van der Waals surface area (Å²) in [6.07, 6.45) is 7.20. The molecule has 10 nitrogen and oxygen atoms in total. The van der Waals surface area contributed by atoms with Gasteiger partial charge in [0.15, 0.2) is 11.5 Å². The van der Waals surface area contributed by atoms with Gasteiger partial charge in [0.1, 0.15) is 11.4 Å². The molecular formula is C32H30N4O6. The summed E-state index contributed by atoms with van der Waals surface area (Å²) in [7, 11) is 2.69. The summed E-state index contributed by atoms with van der Waals surface area (Å²) in [6.45, 7) is 8.18. The van der Waals surface area contributed by atoms with Crippen LogP contribution in [0.25, 0.3) is 22.5 Å². The second-order valence-electron chi connectivity index (χ2n) is 11.4. The minimum absolute atomic E-state index is 0.0220. The van der Waals surface area contributed by atoms with Gasteiger partial charge >= 0.3 is 0 Å². The Labute approximate surface area is 241 Å². The summed E-state index contributed by atoms with van der Waals surface area (Å²) in [6, 6.07) is 3.20. The second-order valence-corrected chi connectivity index (χ2v) is 11.4. The fraction of sp³-hybridized carbons (Fsp3) is 0.312. The topological polar surface area (TPSA) is 122 Å². The van der Waals surface area contributed by atoms with Crippen LogP contribution in [0.1, 0.15) is 71.2 Å². The first-order chi connectivity index (χ1) is 20.1. The predicted molar refractivity (Wildman–Crippen MR) is 156 cm³/mol. The van der Waals surface area contributed by atoms with Crippen LogP contribution < -0.4 is 20.3 Å². The number of fused-ring (bicyclic) bond motifs is 6. The summed E-state index contributed by atoms with van der Waals surface area (Å²) < 4.78 is 14.1. The fourth-order valence-corrected chi connectivity index (χ4v) is 5.96. The zero-order valence-electron chi connectivity index (χ0n) is 24.3. The molecular weight excluding hydrogens is 536 g/mol. The van der Waals surface area contributed by atoms with Crippen molar-refractivity contribution < 1.29 is 19.1 Å². The molecule has 4 aromatic rings. The molecule has 0 bridgehead atoms. The average Bonchev–Trinajstić information content (AvgIpc) is 3.40. The van der Waals surface area contributed by atoms with E-state index in [9.17, 15) is 19.2 Å². The van der Waals surface area contributed by atoms with Gasteiger partial charge in [-0.25, -0.2) is 0 Å². The van der Waals surface area contributed by atoms with Gasteiger partial charge in [0.25, 0.3) is 0 Å². The van der Waals surface area contributed by atoms with E-state index in [0.29, 0.717) is 46.7 Å². The quantitative estimate of drug-likeness (QED) is 0.285. The number of hydrogen-bond donors (Lipinski definition) is 0. The average molecular weight is 567 g/mol. The molecule has 0 aliphatic carbocycles. The van der Waals surface area contributed by atoms with Gasteiger partial charge in [-0.2, -0.15) is 0 Å². The lowest BCUT2D eigenvalue weighted by atomic mass is 9.95. The van der Waals surface area contributed by atoms with E-state index in [2.05, 4.69) is 9.97 Å². The smallest absolute Gasteiger partial charge is 0.232 e. The largest absolute Gasteiger partial charge is 0.491 e. The Bertz CT molecular complexity index is 1810. The molecule has 0 radical (unpaired) electrons. The summed E-state index contributed by atoms with van der Waals surface area (Å²) in [5.74, 6) is -0.587. The SMILES string of the molecule is COc1cn2c(c(-c3c4n(cc(OC)c3=O)-c3c(ccnc3CC(C)C)C4=O)c1=O)C(=O)c1ccnc(CC(C)C)c1-2. The number of rotatable bonds is 7. The summed E-state index contributed by atoms with van der Waals surface area (Å²) in [5.41, 5.74) is 1.29. The summed E-state index contributed by atoms with van der Waals surface area (Å²) in [5, 5.41) is 0. The highest BCUT2D eigenvalue weighted by molar-refractivity contribution is 6.21. The van der Waals surface area contributed by atoms with Gasteiger partial charge in [0.05, 0.1) is 71.6 Å². The van der Waals surface area contributed by atoms with Crippen molar-refractivity contribution in [2.45, 2.75) is 40.5 Å². The third kappa shape index (κ3) is 3.85. The number of carbonyl (C=O) groups is 2. The Morgan fingerprint density at radius 1 is 0.667 bits per heavy atom. The lowest BCUT2D eigenvalue weighted by molar-refractivity contribution is 0.103. The molecule has 0 atom stereocenters. The van der Waals surface area contributed by atoms with Crippen molar-refractivity contribution in [3.8, 4) is 34.0 Å². The molecule has 2 aliphatic heterocycles. The zero-order chi connectivity index (χ0) is 30.0. The molecule has 0 spiro atoms. The highest BCUT2D eigenvalue weighted by Gasteiger charge is 2.40. The number of carbonyl (C=O) groups excluding carboxylic acids is 2. The van der Waals surface area contributed by atoms with Crippen LogP contribution in [0.4, 0.5) is 0 Å². The van der Waals surface area contributed by atoms with Crippen molar-refractivity contribution in [3.63, 3.8) is 0 Å². The molecule has 6 rings (SSSR count). The molecule has 0 fully saturated rings. The van der Waals surface area contributed by atoms with Gasteiger partial charge in [0.2, 0.25) is 22.4 Å². The minimum atomic E-state index is -0.680. The Morgan fingerprint density at radius 2 is 1.05 bits per heavy atom. The van der Waals surface area contributed by atoms with Crippen molar-refractivity contribution in [3.05, 3.63) is 91.3 Å².